The van der Waals surface area contributed by atoms with Crippen molar-refractivity contribution in [2.24, 2.45) is 29.6 Å². The number of carbonyl (C=O) groups is 3. The monoisotopic (exact) mass is 653 g/mol. The number of hydrogen-bond acceptors (Lipinski definition) is 8. The fourth-order valence-corrected chi connectivity index (χ4v) is 11.2. The minimum atomic E-state index is -0.422. The smallest absolute Gasteiger partial charge is 0.305 e. The Morgan fingerprint density at radius 2 is 1.74 bits per heavy atom. The van der Waals surface area contributed by atoms with Gasteiger partial charge in [0.15, 0.2) is 6.61 Å². The maximum Gasteiger partial charge on any atom is 0.305 e. The van der Waals surface area contributed by atoms with Crippen LogP contribution in [-0.4, -0.2) is 41.7 Å². The van der Waals surface area contributed by atoms with E-state index in [0.29, 0.717) is 22.9 Å². The molecule has 4 aromatic rings. The molecule has 2 N–H and O–H groups in total. The second kappa shape index (κ2) is 11.2. The zero-order chi connectivity index (χ0) is 31.7. The van der Waals surface area contributed by atoms with Crippen molar-refractivity contribution >= 4 is 52.2 Å². The van der Waals surface area contributed by atoms with Crippen LogP contribution in [-0.2, 0) is 14.4 Å². The van der Waals surface area contributed by atoms with E-state index in [1.807, 2.05) is 55.5 Å². The zero-order valence-electron chi connectivity index (χ0n) is 25.1. The molecule has 46 heavy (non-hydrogen) atoms. The number of rotatable bonds is 7. The van der Waals surface area contributed by atoms with Crippen molar-refractivity contribution in [2.45, 2.75) is 29.5 Å². The van der Waals surface area contributed by atoms with Gasteiger partial charge in [0.05, 0.1) is 29.7 Å². The van der Waals surface area contributed by atoms with Crippen LogP contribution in [0.4, 0.5) is 11.4 Å². The standard InChI is InChI=1S/C35H31N3O6S2/c1-17-6-5-7-18(14-17)36-25(39)16-44-24-9-4-3-8-21(24)26-27-22-15-23(30(27)45-32-31(26)46-35(42)37-32)29-28(22)33(40)38(34(29)41)19-10-12-20(43-2)13-11-19/h3-14,22-23,26-30H,15-16H2,1-2H3,(H,36,39)(H,37,42)/t22?,23?,26-,27?,28?,29?,30?/m1/s1. The molecule has 8 rings (SSSR count). The van der Waals surface area contributed by atoms with E-state index in [1.165, 1.54) is 16.2 Å². The van der Waals surface area contributed by atoms with Crippen LogP contribution in [0.25, 0.3) is 0 Å². The van der Waals surface area contributed by atoms with Gasteiger partial charge in [-0.1, -0.05) is 41.7 Å². The SMILES string of the molecule is COc1ccc(N2C(=O)C3C4CC(C3C2=O)C2C4Sc3[nH]c(=O)sc3[C@@H]2c2ccccc2OCC(=O)Nc2cccc(C)c2)cc1. The Labute approximate surface area is 273 Å². The number of fused-ring (bicyclic) bond motifs is 9. The summed E-state index contributed by atoms with van der Waals surface area (Å²) in [5.74, 6) is -0.426. The summed E-state index contributed by atoms with van der Waals surface area (Å²) in [6.07, 6.45) is 0.781. The average Bonchev–Trinajstić information content (AvgIpc) is 3.79. The number of aromatic nitrogens is 1. The number of thiazole rings is 1. The number of benzene rings is 3. The van der Waals surface area contributed by atoms with Crippen molar-refractivity contribution in [1.82, 2.24) is 4.98 Å². The van der Waals surface area contributed by atoms with Crippen LogP contribution in [0.15, 0.2) is 82.6 Å². The number of imide groups is 1. The van der Waals surface area contributed by atoms with Crippen molar-refractivity contribution in [2.75, 3.05) is 23.9 Å². The lowest BCUT2D eigenvalue weighted by atomic mass is 9.68. The first kappa shape index (κ1) is 29.1. The molecule has 4 aliphatic rings. The van der Waals surface area contributed by atoms with Crippen LogP contribution in [0.5, 0.6) is 11.5 Å². The third-order valence-corrected chi connectivity index (χ3v) is 12.6. The lowest BCUT2D eigenvalue weighted by molar-refractivity contribution is -0.123. The lowest BCUT2D eigenvalue weighted by Crippen LogP contribution is -2.42. The quantitative estimate of drug-likeness (QED) is 0.255. The van der Waals surface area contributed by atoms with E-state index in [-0.39, 0.29) is 58.1 Å². The molecular formula is C35H31N3O6S2. The number of thioether (sulfide) groups is 1. The number of methoxy groups -OCH3 is 1. The Bertz CT molecular complexity index is 1940. The van der Waals surface area contributed by atoms with E-state index in [2.05, 4.69) is 10.3 Å². The van der Waals surface area contributed by atoms with Gasteiger partial charge in [0, 0.05) is 27.3 Å². The van der Waals surface area contributed by atoms with E-state index in [4.69, 9.17) is 9.47 Å². The van der Waals surface area contributed by atoms with Gasteiger partial charge in [0.25, 0.3) is 5.91 Å². The summed E-state index contributed by atoms with van der Waals surface area (Å²) in [5, 5.41) is 3.76. The number of carbonyl (C=O) groups excluding carboxylic acids is 3. The van der Waals surface area contributed by atoms with Crippen LogP contribution >= 0.6 is 23.1 Å². The summed E-state index contributed by atoms with van der Waals surface area (Å²) in [7, 11) is 1.58. The molecular weight excluding hydrogens is 623 g/mol. The third-order valence-electron chi connectivity index (χ3n) is 9.97. The molecule has 1 saturated heterocycles. The highest BCUT2D eigenvalue weighted by Crippen LogP contribution is 2.69. The van der Waals surface area contributed by atoms with Gasteiger partial charge in [0.1, 0.15) is 11.5 Å². The molecule has 234 valence electrons. The summed E-state index contributed by atoms with van der Waals surface area (Å²) in [5.41, 5.74) is 3.18. The van der Waals surface area contributed by atoms with Crippen molar-refractivity contribution in [3.63, 3.8) is 0 Å². The number of amides is 3. The predicted octanol–water partition coefficient (Wildman–Crippen LogP) is 5.45. The zero-order valence-corrected chi connectivity index (χ0v) is 26.7. The second-order valence-electron chi connectivity index (χ2n) is 12.4. The Balaban J connectivity index is 1.12. The number of ether oxygens (including phenoxy) is 2. The van der Waals surface area contributed by atoms with E-state index in [9.17, 15) is 19.2 Å². The van der Waals surface area contributed by atoms with Gasteiger partial charge in [-0.2, -0.15) is 0 Å². The average molecular weight is 654 g/mol. The summed E-state index contributed by atoms with van der Waals surface area (Å²) in [6, 6.07) is 22.3. The number of para-hydroxylation sites is 1. The van der Waals surface area contributed by atoms with Crippen molar-refractivity contribution in [1.29, 1.82) is 0 Å². The molecule has 6 unspecified atom stereocenters. The fourth-order valence-electron chi connectivity index (χ4n) is 8.28. The Morgan fingerprint density at radius 3 is 2.50 bits per heavy atom. The number of aryl methyl sites for hydroxylation is 1. The van der Waals surface area contributed by atoms with E-state index >= 15 is 0 Å². The number of nitrogens with zero attached hydrogens (tertiary/aromatic N) is 1. The van der Waals surface area contributed by atoms with Gasteiger partial charge < -0.3 is 19.8 Å². The minimum absolute atomic E-state index is 0.00284. The van der Waals surface area contributed by atoms with E-state index in [1.54, 1.807) is 43.1 Å². The van der Waals surface area contributed by atoms with E-state index in [0.717, 1.165) is 27.5 Å². The van der Waals surface area contributed by atoms with Crippen LogP contribution < -0.4 is 24.6 Å². The van der Waals surface area contributed by atoms with Gasteiger partial charge in [-0.05, 0) is 79.1 Å². The summed E-state index contributed by atoms with van der Waals surface area (Å²) in [4.78, 5) is 58.8. The van der Waals surface area contributed by atoms with E-state index < -0.39 is 11.8 Å². The fraction of sp³-hybridized carbons (Fsp3) is 0.314. The number of nitrogens with one attached hydrogen (secondary N) is 2. The number of anilines is 2. The largest absolute Gasteiger partial charge is 0.497 e. The van der Waals surface area contributed by atoms with Crippen molar-refractivity contribution < 1.29 is 23.9 Å². The molecule has 7 atom stereocenters. The maximum absolute atomic E-state index is 14.1. The molecule has 3 heterocycles. The molecule has 2 bridgehead atoms. The molecule has 0 radical (unpaired) electrons. The lowest BCUT2D eigenvalue weighted by Gasteiger charge is -2.43. The molecule has 11 heteroatoms. The third kappa shape index (κ3) is 4.59. The first-order valence-corrected chi connectivity index (χ1v) is 17.0. The molecule has 2 aliphatic carbocycles. The van der Waals surface area contributed by atoms with Gasteiger partial charge >= 0.3 is 4.87 Å². The summed E-state index contributed by atoms with van der Waals surface area (Å²) < 4.78 is 11.5. The van der Waals surface area contributed by atoms with Crippen molar-refractivity contribution in [3.05, 3.63) is 98.5 Å². The molecule has 0 spiro atoms. The molecule has 3 aromatic carbocycles. The van der Waals surface area contributed by atoms with Gasteiger partial charge in [-0.3, -0.25) is 24.1 Å². The first-order chi connectivity index (χ1) is 22.3. The molecule has 1 aromatic heterocycles. The van der Waals surface area contributed by atoms with Gasteiger partial charge in [-0.15, -0.1) is 11.8 Å². The number of aromatic amines is 1. The van der Waals surface area contributed by atoms with Crippen LogP contribution in [0.1, 0.15) is 28.3 Å². The number of hydrogen-bond donors (Lipinski definition) is 2. The molecule has 2 aliphatic heterocycles. The van der Waals surface area contributed by atoms with Gasteiger partial charge in [0.2, 0.25) is 11.8 Å². The summed E-state index contributed by atoms with van der Waals surface area (Å²) >= 11 is 2.83. The topological polar surface area (TPSA) is 118 Å². The Morgan fingerprint density at radius 1 is 0.978 bits per heavy atom. The number of H-pyrrole nitrogens is 1. The maximum atomic E-state index is 14.1. The molecule has 9 nitrogen and oxygen atoms in total. The normalized spacial score (nSPS) is 27.3. The van der Waals surface area contributed by atoms with Crippen molar-refractivity contribution in [3.8, 4) is 11.5 Å². The molecule has 3 amide bonds. The van der Waals surface area contributed by atoms with Crippen LogP contribution in [0.2, 0.25) is 0 Å². The van der Waals surface area contributed by atoms with Gasteiger partial charge in [-0.25, -0.2) is 0 Å². The first-order valence-electron chi connectivity index (χ1n) is 15.3. The highest BCUT2D eigenvalue weighted by molar-refractivity contribution is 8.00. The molecule has 2 saturated carbocycles. The predicted molar refractivity (Wildman–Crippen MR) is 176 cm³/mol. The molecule has 3 fully saturated rings. The van der Waals surface area contributed by atoms with Crippen LogP contribution in [0, 0.1) is 36.5 Å². The summed E-state index contributed by atoms with van der Waals surface area (Å²) in [6.45, 7) is 1.78. The highest BCUT2D eigenvalue weighted by Gasteiger charge is 2.69. The Kier molecular flexibility index (Phi) is 7.06. The Hall–Kier alpha value is -4.35. The second-order valence-corrected chi connectivity index (χ2v) is 14.6. The van der Waals surface area contributed by atoms with Crippen LogP contribution in [0.3, 0.4) is 0 Å². The highest BCUT2D eigenvalue weighted by atomic mass is 32.2. The minimum Gasteiger partial charge on any atom is -0.497 e.